The fraction of sp³-hybridized carbons (Fsp3) is 0.438. The number of nitriles is 1. The Hall–Kier alpha value is -2.95. The maximum absolute atomic E-state index is 9.18. The van der Waals surface area contributed by atoms with Crippen LogP contribution in [0.3, 0.4) is 0 Å². The highest BCUT2D eigenvalue weighted by Gasteiger charge is 2.22. The lowest BCUT2D eigenvalue weighted by atomic mass is 10.2. The molecular formula is C16H20N8. The largest absolute Gasteiger partial charge is 0.353 e. The summed E-state index contributed by atoms with van der Waals surface area (Å²) in [7, 11) is 3.88. The minimum absolute atomic E-state index is 0.374. The second kappa shape index (κ2) is 6.66. The van der Waals surface area contributed by atoms with Gasteiger partial charge in [0.15, 0.2) is 11.5 Å². The van der Waals surface area contributed by atoms with Crippen LogP contribution in [0.15, 0.2) is 18.5 Å². The molecule has 0 aromatic carbocycles. The predicted molar refractivity (Wildman–Crippen MR) is 92.3 cm³/mol. The Morgan fingerprint density at radius 2 is 1.71 bits per heavy atom. The molecular weight excluding hydrogens is 304 g/mol. The standard InChI is InChI=1S/C16H20N8/c1-12-10-14(21-16(20-12)22(2)3)23-6-8-24(9-7-23)15-13(11-17)18-4-5-19-15/h4-5,10H,6-9H2,1-3H3. The van der Waals surface area contributed by atoms with E-state index in [1.165, 1.54) is 0 Å². The first-order chi connectivity index (χ1) is 11.6. The fourth-order valence-electron chi connectivity index (χ4n) is 2.69. The Morgan fingerprint density at radius 1 is 1.04 bits per heavy atom. The van der Waals surface area contributed by atoms with E-state index in [9.17, 15) is 5.26 Å². The molecule has 3 heterocycles. The first-order valence-corrected chi connectivity index (χ1v) is 7.82. The van der Waals surface area contributed by atoms with Crippen molar-refractivity contribution in [2.24, 2.45) is 0 Å². The fourth-order valence-corrected chi connectivity index (χ4v) is 2.69. The summed E-state index contributed by atoms with van der Waals surface area (Å²) >= 11 is 0. The van der Waals surface area contributed by atoms with Crippen LogP contribution in [0, 0.1) is 18.3 Å². The van der Waals surface area contributed by atoms with E-state index < -0.39 is 0 Å². The second-order valence-electron chi connectivity index (χ2n) is 5.88. The van der Waals surface area contributed by atoms with Gasteiger partial charge in [0.2, 0.25) is 5.95 Å². The summed E-state index contributed by atoms with van der Waals surface area (Å²) in [5.74, 6) is 2.31. The number of hydrogen-bond acceptors (Lipinski definition) is 8. The van der Waals surface area contributed by atoms with Crippen molar-refractivity contribution in [2.75, 3.05) is 55.0 Å². The number of rotatable bonds is 3. The van der Waals surface area contributed by atoms with Gasteiger partial charge in [0, 0.05) is 64.4 Å². The van der Waals surface area contributed by atoms with E-state index in [1.807, 2.05) is 32.0 Å². The molecule has 2 aromatic rings. The number of nitrogens with zero attached hydrogens (tertiary/aromatic N) is 8. The third-order valence-electron chi connectivity index (χ3n) is 3.92. The number of hydrogen-bond donors (Lipinski definition) is 0. The maximum atomic E-state index is 9.18. The van der Waals surface area contributed by atoms with Crippen LogP contribution in [-0.2, 0) is 0 Å². The number of aromatic nitrogens is 4. The zero-order chi connectivity index (χ0) is 17.1. The zero-order valence-corrected chi connectivity index (χ0v) is 14.1. The zero-order valence-electron chi connectivity index (χ0n) is 14.1. The van der Waals surface area contributed by atoms with Crippen LogP contribution in [0.2, 0.25) is 0 Å². The first-order valence-electron chi connectivity index (χ1n) is 7.82. The molecule has 1 saturated heterocycles. The summed E-state index contributed by atoms with van der Waals surface area (Å²) in [5, 5.41) is 9.18. The van der Waals surface area contributed by atoms with Crippen molar-refractivity contribution >= 4 is 17.6 Å². The van der Waals surface area contributed by atoms with E-state index in [2.05, 4.69) is 35.8 Å². The Bertz CT molecular complexity index is 759. The molecule has 0 spiro atoms. The number of piperazine rings is 1. The lowest BCUT2D eigenvalue weighted by Crippen LogP contribution is -2.47. The molecule has 24 heavy (non-hydrogen) atoms. The van der Waals surface area contributed by atoms with Crippen LogP contribution in [-0.4, -0.2) is 60.2 Å². The third kappa shape index (κ3) is 3.20. The van der Waals surface area contributed by atoms with Crippen LogP contribution < -0.4 is 14.7 Å². The third-order valence-corrected chi connectivity index (χ3v) is 3.92. The monoisotopic (exact) mass is 324 g/mol. The van der Waals surface area contributed by atoms with Gasteiger partial charge in [0.05, 0.1) is 0 Å². The molecule has 1 aliphatic rings. The minimum Gasteiger partial charge on any atom is -0.353 e. The molecule has 1 fully saturated rings. The molecule has 8 heteroatoms. The molecule has 8 nitrogen and oxygen atoms in total. The average Bonchev–Trinajstić information content (AvgIpc) is 2.61. The van der Waals surface area contributed by atoms with E-state index in [4.69, 9.17) is 0 Å². The summed E-state index contributed by atoms with van der Waals surface area (Å²) in [5.41, 5.74) is 1.32. The highest BCUT2D eigenvalue weighted by molar-refractivity contribution is 5.52. The van der Waals surface area contributed by atoms with Gasteiger partial charge in [-0.1, -0.05) is 0 Å². The van der Waals surface area contributed by atoms with E-state index in [1.54, 1.807) is 12.4 Å². The summed E-state index contributed by atoms with van der Waals surface area (Å²) in [4.78, 5) is 23.7. The molecule has 1 aliphatic heterocycles. The lowest BCUT2D eigenvalue weighted by molar-refractivity contribution is 0.638. The Labute approximate surface area is 141 Å². The van der Waals surface area contributed by atoms with E-state index >= 15 is 0 Å². The van der Waals surface area contributed by atoms with Gasteiger partial charge in [-0.2, -0.15) is 10.2 Å². The van der Waals surface area contributed by atoms with Crippen LogP contribution >= 0.6 is 0 Å². The summed E-state index contributed by atoms with van der Waals surface area (Å²) in [6, 6.07) is 4.11. The molecule has 3 rings (SSSR count). The van der Waals surface area contributed by atoms with E-state index in [-0.39, 0.29) is 0 Å². The highest BCUT2D eigenvalue weighted by atomic mass is 15.3. The maximum Gasteiger partial charge on any atom is 0.226 e. The minimum atomic E-state index is 0.374. The molecule has 124 valence electrons. The number of anilines is 3. The molecule has 0 saturated carbocycles. The van der Waals surface area contributed by atoms with Crippen LogP contribution in [0.25, 0.3) is 0 Å². The van der Waals surface area contributed by atoms with Gasteiger partial charge in [-0.05, 0) is 6.92 Å². The van der Waals surface area contributed by atoms with Gasteiger partial charge in [0.25, 0.3) is 0 Å². The molecule has 0 amide bonds. The smallest absolute Gasteiger partial charge is 0.226 e. The van der Waals surface area contributed by atoms with Gasteiger partial charge < -0.3 is 14.7 Å². The van der Waals surface area contributed by atoms with Gasteiger partial charge in [-0.25, -0.2) is 15.0 Å². The molecule has 2 aromatic heterocycles. The topological polar surface area (TPSA) is 85.1 Å². The van der Waals surface area contributed by atoms with Crippen molar-refractivity contribution in [3.63, 3.8) is 0 Å². The SMILES string of the molecule is Cc1cc(N2CCN(c3nccnc3C#N)CC2)nc(N(C)C)n1. The first kappa shape index (κ1) is 15.9. The van der Waals surface area contributed by atoms with Crippen molar-refractivity contribution in [3.05, 3.63) is 29.8 Å². The van der Waals surface area contributed by atoms with Gasteiger partial charge >= 0.3 is 0 Å². The van der Waals surface area contributed by atoms with Crippen LogP contribution in [0.5, 0.6) is 0 Å². The average molecular weight is 324 g/mol. The summed E-state index contributed by atoms with van der Waals surface area (Å²) in [6.45, 7) is 5.14. The second-order valence-corrected chi connectivity index (χ2v) is 5.88. The Kier molecular flexibility index (Phi) is 4.42. The molecule has 0 atom stereocenters. The molecule has 0 bridgehead atoms. The normalized spacial score (nSPS) is 14.4. The molecule has 0 aliphatic carbocycles. The van der Waals surface area contributed by atoms with Crippen molar-refractivity contribution in [1.82, 2.24) is 19.9 Å². The van der Waals surface area contributed by atoms with Crippen molar-refractivity contribution in [3.8, 4) is 6.07 Å². The lowest BCUT2D eigenvalue weighted by Gasteiger charge is -2.36. The summed E-state index contributed by atoms with van der Waals surface area (Å²) < 4.78 is 0. The van der Waals surface area contributed by atoms with Gasteiger partial charge in [0.1, 0.15) is 11.9 Å². The van der Waals surface area contributed by atoms with E-state index in [0.29, 0.717) is 17.5 Å². The van der Waals surface area contributed by atoms with Crippen molar-refractivity contribution < 1.29 is 0 Å². The molecule has 0 N–H and O–H groups in total. The van der Waals surface area contributed by atoms with Crippen LogP contribution in [0.1, 0.15) is 11.4 Å². The van der Waals surface area contributed by atoms with Gasteiger partial charge in [-0.15, -0.1) is 0 Å². The van der Waals surface area contributed by atoms with Crippen molar-refractivity contribution in [2.45, 2.75) is 6.92 Å². The Morgan fingerprint density at radius 3 is 2.38 bits per heavy atom. The predicted octanol–water partition coefficient (Wildman–Crippen LogP) is 0.839. The highest BCUT2D eigenvalue weighted by Crippen LogP contribution is 2.21. The Balaban J connectivity index is 1.75. The number of aryl methyl sites for hydroxylation is 1. The quantitative estimate of drug-likeness (QED) is 0.821. The van der Waals surface area contributed by atoms with Gasteiger partial charge in [-0.3, -0.25) is 0 Å². The summed E-state index contributed by atoms with van der Waals surface area (Å²) in [6.07, 6.45) is 3.17. The molecule has 0 radical (unpaired) electrons. The molecule has 0 unspecified atom stereocenters. The van der Waals surface area contributed by atoms with Crippen LogP contribution in [0.4, 0.5) is 17.6 Å². The van der Waals surface area contributed by atoms with E-state index in [0.717, 1.165) is 37.7 Å². The van der Waals surface area contributed by atoms with Crippen molar-refractivity contribution in [1.29, 1.82) is 5.26 Å².